The Balaban J connectivity index is 1.95. The van der Waals surface area contributed by atoms with Gasteiger partial charge in [-0.2, -0.15) is 0 Å². The number of unbranched alkanes of at least 4 members (excludes halogenated alkanes) is 3. The van der Waals surface area contributed by atoms with Crippen molar-refractivity contribution < 1.29 is 24.4 Å². The Hall–Kier alpha value is -1.24. The summed E-state index contributed by atoms with van der Waals surface area (Å²) in [4.78, 5) is 0. The topological polar surface area (TPSA) is 78.9 Å². The van der Waals surface area contributed by atoms with E-state index in [-0.39, 0.29) is 0 Å². The van der Waals surface area contributed by atoms with Gasteiger partial charge in [0.2, 0.25) is 0 Å². The van der Waals surface area contributed by atoms with E-state index in [0.29, 0.717) is 56.2 Å². The van der Waals surface area contributed by atoms with Crippen molar-refractivity contribution in [2.75, 3.05) is 37.0 Å². The van der Waals surface area contributed by atoms with E-state index in [2.05, 4.69) is 114 Å². The van der Waals surface area contributed by atoms with Crippen LogP contribution in [-0.2, 0) is 43.7 Å². The van der Waals surface area contributed by atoms with Crippen molar-refractivity contribution in [2.24, 2.45) is 0 Å². The van der Waals surface area contributed by atoms with Gasteiger partial charge in [-0.3, -0.25) is 13.7 Å². The molecule has 0 radical (unpaired) electrons. The van der Waals surface area contributed by atoms with Crippen LogP contribution in [0.25, 0.3) is 0 Å². The van der Waals surface area contributed by atoms with Crippen LogP contribution in [-0.4, -0.2) is 52.1 Å². The van der Waals surface area contributed by atoms with Crippen molar-refractivity contribution in [1.82, 2.24) is 0 Å². The number of rotatable bonds is 24. The van der Waals surface area contributed by atoms with E-state index in [9.17, 15) is 13.7 Å². The van der Waals surface area contributed by atoms with Crippen molar-refractivity contribution in [3.05, 3.63) is 106 Å². The zero-order valence-corrected chi connectivity index (χ0v) is 34.7. The fourth-order valence-corrected chi connectivity index (χ4v) is 18.2. The first-order valence-corrected chi connectivity index (χ1v) is 25.7. The van der Waals surface area contributed by atoms with Gasteiger partial charge in [-0.05, 0) is 76.0 Å². The average Bonchev–Trinajstić information content (AvgIpc) is 3.08. The second kappa shape index (κ2) is 21.3. The van der Waals surface area contributed by atoms with Crippen LogP contribution in [0.3, 0.4) is 0 Å². The van der Waals surface area contributed by atoms with Gasteiger partial charge in [0.15, 0.2) is 22.1 Å². The van der Waals surface area contributed by atoms with Gasteiger partial charge in [0, 0.05) is 37.0 Å². The smallest absolute Gasteiger partial charge is 0.405 e. The Morgan fingerprint density at radius 3 is 0.898 bits per heavy atom. The first kappa shape index (κ1) is 42.2. The van der Waals surface area contributed by atoms with E-state index >= 15 is 0 Å². The molecule has 270 valence electrons. The molecular formula is C39H60AlO6P3. The van der Waals surface area contributed by atoms with Gasteiger partial charge < -0.3 is 10.7 Å². The predicted octanol–water partition coefficient (Wildman–Crippen LogP) is 11.9. The standard InChI is InChI=1S/3C13H21O2P.Al/c3*1-3-4-10-16(14,15)11-9-13-7-5-12(2)6-8-13;/h3*5-8H,3-4,9-11H2,1-2H3,(H,14,15);/q;;;+3/p-3. The average molecular weight is 745 g/mol. The van der Waals surface area contributed by atoms with Crippen LogP contribution in [0.5, 0.6) is 0 Å². The van der Waals surface area contributed by atoms with Crippen LogP contribution in [0.2, 0.25) is 0 Å². The highest BCUT2D eigenvalue weighted by molar-refractivity contribution is 7.63. The molecule has 3 atom stereocenters. The van der Waals surface area contributed by atoms with E-state index in [1.165, 1.54) is 16.7 Å². The summed E-state index contributed by atoms with van der Waals surface area (Å²) >= 11 is -3.43. The summed E-state index contributed by atoms with van der Waals surface area (Å²) < 4.78 is 63.9. The van der Waals surface area contributed by atoms with Crippen molar-refractivity contribution in [3.63, 3.8) is 0 Å². The number of aryl methyl sites for hydroxylation is 6. The SMILES string of the molecule is CCCCP(=O)(CCc1ccc(C)cc1)[O][Al]([O]P(=O)(CCCC)CCc1ccc(C)cc1)[O]P(=O)(CCCC)CCc1ccc(C)cc1. The lowest BCUT2D eigenvalue weighted by Gasteiger charge is -2.29. The molecule has 49 heavy (non-hydrogen) atoms. The molecule has 0 saturated heterocycles. The minimum atomic E-state index is -3.43. The molecule has 6 nitrogen and oxygen atoms in total. The van der Waals surface area contributed by atoms with Crippen molar-refractivity contribution in [2.45, 2.75) is 99.3 Å². The van der Waals surface area contributed by atoms with Crippen molar-refractivity contribution in [3.8, 4) is 0 Å². The van der Waals surface area contributed by atoms with E-state index in [1.807, 2.05) is 0 Å². The molecule has 3 aromatic rings. The van der Waals surface area contributed by atoms with Crippen LogP contribution >= 0.6 is 22.1 Å². The molecule has 0 N–H and O–H groups in total. The molecule has 0 heterocycles. The Kier molecular flexibility index (Phi) is 18.4. The van der Waals surface area contributed by atoms with Gasteiger partial charge in [-0.15, -0.1) is 0 Å². The Morgan fingerprint density at radius 1 is 0.429 bits per heavy atom. The molecule has 0 amide bonds. The second-order valence-electron chi connectivity index (χ2n) is 13.7. The minimum Gasteiger partial charge on any atom is -0.405 e. The molecule has 0 saturated carbocycles. The molecular weight excluding hydrogens is 684 g/mol. The predicted molar refractivity (Wildman–Crippen MR) is 210 cm³/mol. The number of hydrogen-bond donors (Lipinski definition) is 0. The van der Waals surface area contributed by atoms with Crippen LogP contribution in [0, 0.1) is 20.8 Å². The zero-order chi connectivity index (χ0) is 35.8. The summed E-state index contributed by atoms with van der Waals surface area (Å²) in [5.41, 5.74) is 6.78. The molecule has 0 fully saturated rings. The fraction of sp³-hybridized carbons (Fsp3) is 0.538. The third kappa shape index (κ3) is 15.9. The molecule has 3 aromatic carbocycles. The largest absolute Gasteiger partial charge is 0.921 e. The molecule has 3 rings (SSSR count). The third-order valence-corrected chi connectivity index (χ3v) is 21.4. The number of benzene rings is 3. The molecule has 0 aliphatic carbocycles. The van der Waals surface area contributed by atoms with Crippen molar-refractivity contribution >= 4 is 37.3 Å². The minimum absolute atomic E-state index is 0.331. The normalized spacial score (nSPS) is 15.3. The van der Waals surface area contributed by atoms with Gasteiger partial charge >= 0.3 is 15.1 Å². The maximum atomic E-state index is 14.7. The molecule has 3 unspecified atom stereocenters. The van der Waals surface area contributed by atoms with Gasteiger partial charge in [0.25, 0.3) is 0 Å². The Bertz CT molecular complexity index is 1340. The highest BCUT2D eigenvalue weighted by Gasteiger charge is 2.48. The quantitative estimate of drug-likeness (QED) is 0.0671. The van der Waals surface area contributed by atoms with E-state index in [4.69, 9.17) is 10.7 Å². The fourth-order valence-electron chi connectivity index (χ4n) is 5.54. The summed E-state index contributed by atoms with van der Waals surface area (Å²) in [5.74, 6) is 0. The van der Waals surface area contributed by atoms with Crippen LogP contribution in [0.1, 0.15) is 92.7 Å². The second-order valence-corrected chi connectivity index (χ2v) is 24.3. The summed E-state index contributed by atoms with van der Waals surface area (Å²) in [6.45, 7) is 12.4. The lowest BCUT2D eigenvalue weighted by atomic mass is 10.1. The highest BCUT2D eigenvalue weighted by Crippen LogP contribution is 2.58. The number of hydrogen-bond acceptors (Lipinski definition) is 6. The molecule has 10 heteroatoms. The van der Waals surface area contributed by atoms with Gasteiger partial charge in [-0.1, -0.05) is 130 Å². The van der Waals surface area contributed by atoms with Gasteiger partial charge in [0.1, 0.15) is 0 Å². The maximum absolute atomic E-state index is 14.7. The lowest BCUT2D eigenvalue weighted by molar-refractivity contribution is 0.303. The van der Waals surface area contributed by atoms with Crippen LogP contribution in [0.4, 0.5) is 0 Å². The van der Waals surface area contributed by atoms with Crippen LogP contribution < -0.4 is 0 Å². The highest BCUT2D eigenvalue weighted by atomic mass is 31.2. The van der Waals surface area contributed by atoms with Crippen LogP contribution in [0.15, 0.2) is 72.8 Å². The Morgan fingerprint density at radius 2 is 0.673 bits per heavy atom. The molecule has 0 spiro atoms. The summed E-state index contributed by atoms with van der Waals surface area (Å²) in [6, 6.07) is 24.8. The Labute approximate surface area is 302 Å². The molecule has 0 aromatic heterocycles. The van der Waals surface area contributed by atoms with E-state index in [0.717, 1.165) is 55.2 Å². The van der Waals surface area contributed by atoms with Gasteiger partial charge in [-0.25, -0.2) is 0 Å². The summed E-state index contributed by atoms with van der Waals surface area (Å²) in [7, 11) is -9.87. The van der Waals surface area contributed by atoms with E-state index in [1.54, 1.807) is 0 Å². The monoisotopic (exact) mass is 744 g/mol. The van der Waals surface area contributed by atoms with E-state index < -0.39 is 37.3 Å². The molecule has 0 aliphatic rings. The summed E-state index contributed by atoms with van der Waals surface area (Å²) in [5, 5.41) is 0. The van der Waals surface area contributed by atoms with Gasteiger partial charge in [0.05, 0.1) is 0 Å². The zero-order valence-electron chi connectivity index (χ0n) is 30.9. The third-order valence-electron chi connectivity index (χ3n) is 8.98. The first-order valence-electron chi connectivity index (χ1n) is 18.3. The lowest BCUT2D eigenvalue weighted by Crippen LogP contribution is -2.28. The maximum Gasteiger partial charge on any atom is 0.921 e. The molecule has 0 aliphatic heterocycles. The molecule has 0 bridgehead atoms. The summed E-state index contributed by atoms with van der Waals surface area (Å²) in [6.07, 6.45) is 8.70. The van der Waals surface area contributed by atoms with Crippen molar-refractivity contribution in [1.29, 1.82) is 0 Å². The first-order chi connectivity index (χ1) is 23.4.